The molecular weight excluding hydrogens is 300 g/mol. The zero-order valence-corrected chi connectivity index (χ0v) is 13.8. The van der Waals surface area contributed by atoms with Crippen LogP contribution in [0, 0.1) is 11.3 Å². The van der Waals surface area contributed by atoms with Crippen molar-refractivity contribution in [1.29, 1.82) is 5.26 Å². The molecule has 1 amide bonds. The fourth-order valence-electron chi connectivity index (χ4n) is 2.15. The Kier molecular flexibility index (Phi) is 6.09. The third-order valence-electron chi connectivity index (χ3n) is 3.65. The van der Waals surface area contributed by atoms with E-state index in [-0.39, 0.29) is 11.6 Å². The summed E-state index contributed by atoms with van der Waals surface area (Å²) in [7, 11) is 0. The minimum atomic E-state index is -0.416. The fraction of sp³-hybridized carbons (Fsp3) is 0.211. The largest absolute Gasteiger partial charge is 0.359 e. The molecule has 0 aliphatic heterocycles. The Balaban J connectivity index is 2.01. The molecule has 5 heteroatoms. The van der Waals surface area contributed by atoms with Crippen molar-refractivity contribution in [3.8, 4) is 6.07 Å². The fourth-order valence-corrected chi connectivity index (χ4v) is 2.15. The molecule has 0 spiro atoms. The molecule has 1 heterocycles. The van der Waals surface area contributed by atoms with Gasteiger partial charge in [0.1, 0.15) is 11.6 Å². The first-order chi connectivity index (χ1) is 11.6. The van der Waals surface area contributed by atoms with Crippen molar-refractivity contribution in [2.24, 2.45) is 0 Å². The molecule has 24 heavy (non-hydrogen) atoms. The molecule has 5 nitrogen and oxygen atoms in total. The number of aryl methyl sites for hydroxylation is 1. The van der Waals surface area contributed by atoms with Crippen LogP contribution >= 0.6 is 0 Å². The molecule has 0 radical (unpaired) electrons. The highest BCUT2D eigenvalue weighted by atomic mass is 16.1. The lowest BCUT2D eigenvalue weighted by Gasteiger charge is -2.14. The molecule has 1 unspecified atom stereocenters. The Bertz CT molecular complexity index is 745. The Morgan fingerprint density at radius 3 is 2.67 bits per heavy atom. The first kappa shape index (κ1) is 17.2. The average molecular weight is 320 g/mol. The molecule has 0 fully saturated rings. The van der Waals surface area contributed by atoms with E-state index in [2.05, 4.69) is 22.5 Å². The van der Waals surface area contributed by atoms with Crippen molar-refractivity contribution in [1.82, 2.24) is 10.3 Å². The molecule has 0 aliphatic carbocycles. The summed E-state index contributed by atoms with van der Waals surface area (Å²) in [4.78, 5) is 16.2. The third kappa shape index (κ3) is 4.68. The number of aromatic nitrogens is 1. The van der Waals surface area contributed by atoms with Crippen LogP contribution in [0.5, 0.6) is 0 Å². The van der Waals surface area contributed by atoms with Crippen LogP contribution in [0.15, 0.2) is 60.6 Å². The Labute approximate surface area is 142 Å². The molecule has 2 N–H and O–H groups in total. The molecule has 2 rings (SSSR count). The van der Waals surface area contributed by atoms with Gasteiger partial charge >= 0.3 is 0 Å². The topological polar surface area (TPSA) is 77.8 Å². The summed E-state index contributed by atoms with van der Waals surface area (Å²) in [6, 6.07) is 13.4. The predicted octanol–water partition coefficient (Wildman–Crippen LogP) is 3.34. The van der Waals surface area contributed by atoms with E-state index in [9.17, 15) is 10.1 Å². The number of carbonyl (C=O) groups excluding carboxylic acids is 1. The van der Waals surface area contributed by atoms with Crippen LogP contribution in [0.25, 0.3) is 0 Å². The second-order valence-electron chi connectivity index (χ2n) is 5.35. The molecule has 1 atom stereocenters. The lowest BCUT2D eigenvalue weighted by atomic mass is 10.0. The summed E-state index contributed by atoms with van der Waals surface area (Å²) in [6.07, 6.45) is 5.63. The maximum atomic E-state index is 12.2. The first-order valence-electron chi connectivity index (χ1n) is 7.80. The molecule has 1 aromatic carbocycles. The van der Waals surface area contributed by atoms with Gasteiger partial charge in [0, 0.05) is 12.4 Å². The first-order valence-corrected chi connectivity index (χ1v) is 7.80. The number of benzene rings is 1. The lowest BCUT2D eigenvalue weighted by Crippen LogP contribution is -2.28. The highest BCUT2D eigenvalue weighted by Crippen LogP contribution is 2.14. The van der Waals surface area contributed by atoms with Gasteiger partial charge in [-0.2, -0.15) is 5.26 Å². The van der Waals surface area contributed by atoms with E-state index in [0.717, 1.165) is 12.0 Å². The normalized spacial score (nSPS) is 12.1. The summed E-state index contributed by atoms with van der Waals surface area (Å²) in [5.74, 6) is -0.416. The maximum absolute atomic E-state index is 12.2. The zero-order chi connectivity index (χ0) is 17.4. The number of nitrogens with zero attached hydrogens (tertiary/aromatic N) is 2. The Hall–Kier alpha value is -3.13. The molecule has 0 bridgehead atoms. The average Bonchev–Trinajstić information content (AvgIpc) is 2.63. The molecule has 0 aliphatic rings. The van der Waals surface area contributed by atoms with Gasteiger partial charge in [-0.15, -0.1) is 0 Å². The monoisotopic (exact) mass is 320 g/mol. The van der Waals surface area contributed by atoms with Crippen LogP contribution in [0.1, 0.15) is 31.0 Å². The quantitative estimate of drug-likeness (QED) is 0.632. The third-order valence-corrected chi connectivity index (χ3v) is 3.65. The van der Waals surface area contributed by atoms with Crippen molar-refractivity contribution in [2.75, 3.05) is 5.32 Å². The molecule has 0 saturated heterocycles. The van der Waals surface area contributed by atoms with Gasteiger partial charge in [0.15, 0.2) is 0 Å². The Morgan fingerprint density at radius 1 is 1.33 bits per heavy atom. The van der Waals surface area contributed by atoms with Crippen LogP contribution in [0.2, 0.25) is 0 Å². The van der Waals surface area contributed by atoms with Gasteiger partial charge in [0.05, 0.1) is 17.9 Å². The summed E-state index contributed by atoms with van der Waals surface area (Å²) < 4.78 is 0. The number of hydrogen-bond donors (Lipinski definition) is 2. The molecule has 2 aromatic rings. The van der Waals surface area contributed by atoms with E-state index >= 15 is 0 Å². The summed E-state index contributed by atoms with van der Waals surface area (Å²) >= 11 is 0. The highest BCUT2D eigenvalue weighted by molar-refractivity contribution is 5.97. The second kappa shape index (κ2) is 8.49. The van der Waals surface area contributed by atoms with Gasteiger partial charge in [-0.3, -0.25) is 9.78 Å². The summed E-state index contributed by atoms with van der Waals surface area (Å²) in [5, 5.41) is 14.9. The van der Waals surface area contributed by atoms with Crippen LogP contribution in [-0.4, -0.2) is 10.9 Å². The van der Waals surface area contributed by atoms with Gasteiger partial charge in [0.2, 0.25) is 0 Å². The molecule has 122 valence electrons. The summed E-state index contributed by atoms with van der Waals surface area (Å²) in [5.41, 5.74) is 2.96. The standard InChI is InChI=1S/C19H20N4O/c1-3-15-6-8-16(9-7-15)14(2)23-19(24)17(11-20)12-22-18-5-4-10-21-13-18/h4-10,12-14,22H,3H2,1-2H3,(H,23,24)/b17-12-. The number of nitriles is 1. The number of anilines is 1. The van der Waals surface area contributed by atoms with Crippen LogP contribution in [0.3, 0.4) is 0 Å². The number of rotatable bonds is 6. The van der Waals surface area contributed by atoms with Crippen molar-refractivity contribution in [3.05, 3.63) is 71.7 Å². The van der Waals surface area contributed by atoms with Crippen molar-refractivity contribution < 1.29 is 4.79 Å². The van der Waals surface area contributed by atoms with Gasteiger partial charge in [0.25, 0.3) is 5.91 Å². The minimum absolute atomic E-state index is 0.0101. The van der Waals surface area contributed by atoms with E-state index in [4.69, 9.17) is 0 Å². The zero-order valence-electron chi connectivity index (χ0n) is 13.8. The van der Waals surface area contributed by atoms with Gasteiger partial charge in [-0.05, 0) is 36.6 Å². The maximum Gasteiger partial charge on any atom is 0.263 e. The number of hydrogen-bond acceptors (Lipinski definition) is 4. The number of carbonyl (C=O) groups is 1. The molecular formula is C19H20N4O. The van der Waals surface area contributed by atoms with E-state index in [1.165, 1.54) is 11.8 Å². The van der Waals surface area contributed by atoms with E-state index < -0.39 is 5.91 Å². The smallest absolute Gasteiger partial charge is 0.263 e. The van der Waals surface area contributed by atoms with Crippen LogP contribution in [-0.2, 0) is 11.2 Å². The van der Waals surface area contributed by atoms with Gasteiger partial charge < -0.3 is 10.6 Å². The van der Waals surface area contributed by atoms with Crippen molar-refractivity contribution in [3.63, 3.8) is 0 Å². The van der Waals surface area contributed by atoms with Crippen LogP contribution in [0.4, 0.5) is 5.69 Å². The SMILES string of the molecule is CCc1ccc(C(C)NC(=O)/C(C#N)=C\Nc2cccnc2)cc1. The number of nitrogens with one attached hydrogen (secondary N) is 2. The Morgan fingerprint density at radius 2 is 2.08 bits per heavy atom. The lowest BCUT2D eigenvalue weighted by molar-refractivity contribution is -0.117. The minimum Gasteiger partial charge on any atom is -0.359 e. The number of amides is 1. The van der Waals surface area contributed by atoms with Gasteiger partial charge in [-0.25, -0.2) is 0 Å². The molecule has 1 aromatic heterocycles. The van der Waals surface area contributed by atoms with Gasteiger partial charge in [-0.1, -0.05) is 31.2 Å². The summed E-state index contributed by atoms with van der Waals surface area (Å²) in [6.45, 7) is 3.99. The molecule has 0 saturated carbocycles. The van der Waals surface area contributed by atoms with E-state index in [1.807, 2.05) is 37.3 Å². The van der Waals surface area contributed by atoms with E-state index in [0.29, 0.717) is 5.69 Å². The van der Waals surface area contributed by atoms with Crippen LogP contribution < -0.4 is 10.6 Å². The highest BCUT2D eigenvalue weighted by Gasteiger charge is 2.13. The van der Waals surface area contributed by atoms with Crippen molar-refractivity contribution in [2.45, 2.75) is 26.3 Å². The predicted molar refractivity (Wildman–Crippen MR) is 93.9 cm³/mol. The van der Waals surface area contributed by atoms with E-state index in [1.54, 1.807) is 24.5 Å². The number of pyridine rings is 1. The van der Waals surface area contributed by atoms with Crippen molar-refractivity contribution >= 4 is 11.6 Å². The second-order valence-corrected chi connectivity index (χ2v) is 5.35.